The van der Waals surface area contributed by atoms with Gasteiger partial charge in [0.2, 0.25) is 0 Å². The first-order valence-electron chi connectivity index (χ1n) is 7.55. The molecule has 4 heteroatoms. The van der Waals surface area contributed by atoms with Crippen LogP contribution in [0.3, 0.4) is 0 Å². The highest BCUT2D eigenvalue weighted by Crippen LogP contribution is 2.27. The molecule has 0 aliphatic rings. The molecule has 0 amide bonds. The zero-order valence-corrected chi connectivity index (χ0v) is 15.4. The van der Waals surface area contributed by atoms with Crippen molar-refractivity contribution in [3.63, 3.8) is 0 Å². The van der Waals surface area contributed by atoms with Crippen molar-refractivity contribution in [2.75, 3.05) is 19.4 Å². The van der Waals surface area contributed by atoms with E-state index in [0.717, 1.165) is 35.9 Å². The van der Waals surface area contributed by atoms with Gasteiger partial charge in [-0.2, -0.15) is 11.8 Å². The molecule has 0 saturated carbocycles. The number of methoxy groups -OCH3 is 1. The molecule has 0 spiro atoms. The summed E-state index contributed by atoms with van der Waals surface area (Å²) in [6.07, 6.45) is 2.08. The van der Waals surface area contributed by atoms with E-state index >= 15 is 0 Å². The van der Waals surface area contributed by atoms with Gasteiger partial charge < -0.3 is 10.1 Å². The molecule has 0 aliphatic carbocycles. The zero-order chi connectivity index (χ0) is 15.9. The molecule has 1 rings (SSSR count). The highest BCUT2D eigenvalue weighted by Gasteiger charge is 2.17. The Morgan fingerprint density at radius 1 is 1.33 bits per heavy atom. The van der Waals surface area contributed by atoms with Crippen LogP contribution >= 0.6 is 23.4 Å². The maximum absolute atomic E-state index is 6.13. The molecule has 0 saturated heterocycles. The first kappa shape index (κ1) is 18.7. The second-order valence-corrected chi connectivity index (χ2v) is 8.52. The summed E-state index contributed by atoms with van der Waals surface area (Å²) in [6.45, 7) is 10.0. The lowest BCUT2D eigenvalue weighted by Gasteiger charge is -2.24. The lowest BCUT2D eigenvalue weighted by molar-refractivity contribution is 0.406. The van der Waals surface area contributed by atoms with E-state index in [-0.39, 0.29) is 4.75 Å². The minimum Gasteiger partial charge on any atom is -0.496 e. The molecule has 0 radical (unpaired) electrons. The Hall–Kier alpha value is -0.380. The average molecular weight is 330 g/mol. The fraction of sp³-hybridized carbons (Fsp3) is 0.647. The van der Waals surface area contributed by atoms with Crippen LogP contribution < -0.4 is 10.1 Å². The van der Waals surface area contributed by atoms with E-state index in [1.165, 1.54) is 5.56 Å². The van der Waals surface area contributed by atoms with Crippen LogP contribution in [0.15, 0.2) is 18.2 Å². The van der Waals surface area contributed by atoms with Gasteiger partial charge in [0.15, 0.2) is 0 Å². The molecule has 0 aliphatic heterocycles. The number of ether oxygens (including phenoxy) is 1. The number of halogens is 1. The maximum Gasteiger partial charge on any atom is 0.122 e. The molecule has 0 heterocycles. The molecule has 1 aromatic carbocycles. The van der Waals surface area contributed by atoms with Gasteiger partial charge in [-0.15, -0.1) is 0 Å². The van der Waals surface area contributed by atoms with Crippen LogP contribution in [-0.2, 0) is 6.42 Å². The van der Waals surface area contributed by atoms with Gasteiger partial charge in [0.25, 0.3) is 0 Å². The number of benzene rings is 1. The summed E-state index contributed by atoms with van der Waals surface area (Å²) < 4.78 is 5.74. The van der Waals surface area contributed by atoms with Crippen molar-refractivity contribution in [1.82, 2.24) is 5.32 Å². The second-order valence-electron chi connectivity index (χ2n) is 6.23. The Morgan fingerprint density at radius 3 is 2.62 bits per heavy atom. The summed E-state index contributed by atoms with van der Waals surface area (Å²) in [5.41, 5.74) is 1.17. The SMILES string of the molecule is CCCNC(CSC(C)(C)C)Cc1cc(Cl)ccc1OC. The van der Waals surface area contributed by atoms with Gasteiger partial charge >= 0.3 is 0 Å². The van der Waals surface area contributed by atoms with Crippen molar-refractivity contribution in [1.29, 1.82) is 0 Å². The molecule has 0 aromatic heterocycles. The van der Waals surface area contributed by atoms with Crippen LogP contribution in [0, 0.1) is 0 Å². The van der Waals surface area contributed by atoms with Crippen LogP contribution in [0.25, 0.3) is 0 Å². The summed E-state index contributed by atoms with van der Waals surface area (Å²) >= 11 is 8.12. The van der Waals surface area contributed by atoms with Gasteiger partial charge in [-0.1, -0.05) is 39.3 Å². The van der Waals surface area contributed by atoms with Crippen molar-refractivity contribution in [3.8, 4) is 5.75 Å². The molecule has 1 unspecified atom stereocenters. The molecule has 1 aromatic rings. The monoisotopic (exact) mass is 329 g/mol. The van der Waals surface area contributed by atoms with Gasteiger partial charge in [0.05, 0.1) is 7.11 Å². The van der Waals surface area contributed by atoms with E-state index in [1.807, 2.05) is 30.0 Å². The fourth-order valence-corrected chi connectivity index (χ4v) is 3.19. The van der Waals surface area contributed by atoms with Crippen molar-refractivity contribution in [2.45, 2.75) is 51.3 Å². The van der Waals surface area contributed by atoms with E-state index < -0.39 is 0 Å². The Bertz CT molecular complexity index is 431. The molecule has 21 heavy (non-hydrogen) atoms. The normalized spacial score (nSPS) is 13.2. The highest BCUT2D eigenvalue weighted by molar-refractivity contribution is 8.00. The van der Waals surface area contributed by atoms with E-state index in [0.29, 0.717) is 6.04 Å². The van der Waals surface area contributed by atoms with Crippen LogP contribution in [-0.4, -0.2) is 30.2 Å². The van der Waals surface area contributed by atoms with Crippen LogP contribution in [0.5, 0.6) is 5.75 Å². The fourth-order valence-electron chi connectivity index (χ4n) is 2.06. The van der Waals surface area contributed by atoms with E-state index in [2.05, 4.69) is 33.0 Å². The number of hydrogen-bond acceptors (Lipinski definition) is 3. The highest BCUT2D eigenvalue weighted by atomic mass is 35.5. The summed E-state index contributed by atoms with van der Waals surface area (Å²) in [4.78, 5) is 0. The Kier molecular flexibility index (Phi) is 7.93. The predicted molar refractivity (Wildman–Crippen MR) is 96.0 cm³/mol. The van der Waals surface area contributed by atoms with E-state index in [1.54, 1.807) is 7.11 Å². The van der Waals surface area contributed by atoms with Gasteiger partial charge in [-0.3, -0.25) is 0 Å². The van der Waals surface area contributed by atoms with Crippen LogP contribution in [0.4, 0.5) is 0 Å². The van der Waals surface area contributed by atoms with Gasteiger partial charge in [-0.25, -0.2) is 0 Å². The third-order valence-electron chi connectivity index (χ3n) is 3.11. The topological polar surface area (TPSA) is 21.3 Å². The van der Waals surface area contributed by atoms with Crippen molar-refractivity contribution in [2.24, 2.45) is 0 Å². The maximum atomic E-state index is 6.13. The summed E-state index contributed by atoms with van der Waals surface area (Å²) in [7, 11) is 1.71. The third-order valence-corrected chi connectivity index (χ3v) is 4.78. The lowest BCUT2D eigenvalue weighted by Crippen LogP contribution is -2.35. The molecule has 1 atom stereocenters. The quantitative estimate of drug-likeness (QED) is 0.740. The second kappa shape index (κ2) is 8.92. The third kappa shape index (κ3) is 7.44. The van der Waals surface area contributed by atoms with Crippen molar-refractivity contribution >= 4 is 23.4 Å². The molecule has 0 fully saturated rings. The largest absolute Gasteiger partial charge is 0.496 e. The van der Waals surface area contributed by atoms with Gasteiger partial charge in [-0.05, 0) is 43.1 Å². The molecular formula is C17H28ClNOS. The number of hydrogen-bond donors (Lipinski definition) is 1. The molecular weight excluding hydrogens is 302 g/mol. The summed E-state index contributed by atoms with van der Waals surface area (Å²) in [6, 6.07) is 6.28. The Labute approximate surface area is 139 Å². The molecule has 0 bridgehead atoms. The minimum absolute atomic E-state index is 0.282. The summed E-state index contributed by atoms with van der Waals surface area (Å²) in [5.74, 6) is 2.00. The van der Waals surface area contributed by atoms with Crippen molar-refractivity contribution < 1.29 is 4.74 Å². The summed E-state index contributed by atoms with van der Waals surface area (Å²) in [5, 5.41) is 4.41. The van der Waals surface area contributed by atoms with E-state index in [4.69, 9.17) is 16.3 Å². The number of rotatable bonds is 8. The number of thioether (sulfide) groups is 1. The molecule has 2 nitrogen and oxygen atoms in total. The standard InChI is InChI=1S/C17H28ClNOS/c1-6-9-19-15(12-21-17(2,3)4)11-13-10-14(18)7-8-16(13)20-5/h7-8,10,15,19H,6,9,11-12H2,1-5H3. The zero-order valence-electron chi connectivity index (χ0n) is 13.8. The minimum atomic E-state index is 0.282. The Morgan fingerprint density at radius 2 is 2.05 bits per heavy atom. The Balaban J connectivity index is 2.77. The van der Waals surface area contributed by atoms with Crippen molar-refractivity contribution in [3.05, 3.63) is 28.8 Å². The molecule has 120 valence electrons. The van der Waals surface area contributed by atoms with E-state index in [9.17, 15) is 0 Å². The van der Waals surface area contributed by atoms with Gasteiger partial charge in [0, 0.05) is 21.6 Å². The first-order chi connectivity index (χ1) is 9.85. The molecule has 1 N–H and O–H groups in total. The number of nitrogens with one attached hydrogen (secondary N) is 1. The van der Waals surface area contributed by atoms with Crippen LogP contribution in [0.2, 0.25) is 5.02 Å². The van der Waals surface area contributed by atoms with Gasteiger partial charge in [0.1, 0.15) is 5.75 Å². The predicted octanol–water partition coefficient (Wildman–Crippen LogP) is 4.79. The smallest absolute Gasteiger partial charge is 0.122 e. The average Bonchev–Trinajstić information content (AvgIpc) is 2.41. The van der Waals surface area contributed by atoms with Crippen LogP contribution in [0.1, 0.15) is 39.7 Å². The lowest BCUT2D eigenvalue weighted by atomic mass is 10.1. The first-order valence-corrected chi connectivity index (χ1v) is 8.92.